The Morgan fingerprint density at radius 1 is 1.46 bits per heavy atom. The number of imidazole rings is 1. The molecule has 1 aliphatic heterocycles. The third-order valence-electron chi connectivity index (χ3n) is 4.01. The van der Waals surface area contributed by atoms with E-state index in [1.807, 2.05) is 26.8 Å². The molecule has 8 nitrogen and oxygen atoms in total. The van der Waals surface area contributed by atoms with Crippen LogP contribution in [-0.4, -0.2) is 45.4 Å². The Balaban J connectivity index is 1.73. The van der Waals surface area contributed by atoms with Gasteiger partial charge in [-0.3, -0.25) is 4.57 Å². The van der Waals surface area contributed by atoms with Crippen LogP contribution in [0.5, 0.6) is 0 Å². The van der Waals surface area contributed by atoms with E-state index < -0.39 is 11.7 Å². The molecule has 0 radical (unpaired) electrons. The number of pyridine rings is 1. The first-order valence-electron chi connectivity index (χ1n) is 8.03. The van der Waals surface area contributed by atoms with Crippen molar-refractivity contribution in [2.24, 2.45) is 7.05 Å². The number of rotatable bonds is 2. The summed E-state index contributed by atoms with van der Waals surface area (Å²) < 4.78 is 6.79. The Kier molecular flexibility index (Phi) is 3.98. The number of carbonyl (C=O) groups is 1. The van der Waals surface area contributed by atoms with Gasteiger partial charge in [0, 0.05) is 26.3 Å². The number of amides is 1. The van der Waals surface area contributed by atoms with Crippen LogP contribution in [0, 0.1) is 0 Å². The Morgan fingerprint density at radius 3 is 2.92 bits per heavy atom. The van der Waals surface area contributed by atoms with Gasteiger partial charge in [0.25, 0.3) is 0 Å². The molecule has 0 saturated carbocycles. The number of ether oxygens (including phenoxy) is 1. The number of hydrogen-bond acceptors (Lipinski definition) is 5. The number of hydrogen-bond donors (Lipinski definition) is 2. The van der Waals surface area contributed by atoms with E-state index in [0.29, 0.717) is 12.2 Å². The minimum Gasteiger partial charge on any atom is -0.444 e. The van der Waals surface area contributed by atoms with Gasteiger partial charge >= 0.3 is 11.8 Å². The molecule has 130 valence electrons. The first-order chi connectivity index (χ1) is 11.2. The maximum Gasteiger partial charge on any atom is 0.407 e. The van der Waals surface area contributed by atoms with Gasteiger partial charge in [-0.15, -0.1) is 0 Å². The maximum atomic E-state index is 11.9. The fraction of sp³-hybridized carbons (Fsp3) is 0.562. The van der Waals surface area contributed by atoms with Crippen LogP contribution in [-0.2, 0) is 11.8 Å². The first-order valence-corrected chi connectivity index (χ1v) is 8.03. The van der Waals surface area contributed by atoms with Crippen molar-refractivity contribution in [1.82, 2.24) is 19.9 Å². The van der Waals surface area contributed by atoms with Crippen molar-refractivity contribution in [1.29, 1.82) is 0 Å². The number of fused-ring (bicyclic) bond motifs is 1. The lowest BCUT2D eigenvalue weighted by atomic mass is 10.2. The van der Waals surface area contributed by atoms with E-state index in [1.165, 1.54) is 4.57 Å². The smallest absolute Gasteiger partial charge is 0.407 e. The number of carbonyl (C=O) groups excluding carboxylic acids is 1. The van der Waals surface area contributed by atoms with E-state index >= 15 is 0 Å². The van der Waals surface area contributed by atoms with E-state index in [2.05, 4.69) is 20.2 Å². The maximum absolute atomic E-state index is 11.9. The van der Waals surface area contributed by atoms with E-state index in [-0.39, 0.29) is 11.7 Å². The molecule has 1 fully saturated rings. The van der Waals surface area contributed by atoms with Gasteiger partial charge in [0.05, 0.1) is 11.7 Å². The van der Waals surface area contributed by atoms with Gasteiger partial charge in [0.1, 0.15) is 11.1 Å². The highest BCUT2D eigenvalue weighted by Gasteiger charge is 2.27. The molecule has 2 N–H and O–H groups in total. The zero-order chi connectivity index (χ0) is 17.5. The van der Waals surface area contributed by atoms with Crippen LogP contribution < -0.4 is 15.9 Å². The summed E-state index contributed by atoms with van der Waals surface area (Å²) in [5, 5.41) is 2.90. The van der Waals surface area contributed by atoms with Gasteiger partial charge in [-0.2, -0.15) is 0 Å². The highest BCUT2D eigenvalue weighted by atomic mass is 16.6. The normalized spacial score (nSPS) is 18.2. The highest BCUT2D eigenvalue weighted by Crippen LogP contribution is 2.26. The summed E-state index contributed by atoms with van der Waals surface area (Å²) >= 11 is 0. The molecule has 1 amide bonds. The predicted octanol–water partition coefficient (Wildman–Crippen LogP) is 1.36. The van der Waals surface area contributed by atoms with E-state index in [0.717, 1.165) is 24.2 Å². The second-order valence-corrected chi connectivity index (χ2v) is 7.10. The van der Waals surface area contributed by atoms with Crippen LogP contribution in [0.3, 0.4) is 0 Å². The second kappa shape index (κ2) is 5.85. The third kappa shape index (κ3) is 3.22. The van der Waals surface area contributed by atoms with Crippen LogP contribution in [0.15, 0.2) is 17.1 Å². The SMILES string of the molecule is Cn1c(=O)[nH]c2c(N3CCC(NC(=O)OC(C)(C)C)C3)ccnc21. The Morgan fingerprint density at radius 2 is 2.21 bits per heavy atom. The van der Waals surface area contributed by atoms with Gasteiger partial charge in [-0.1, -0.05) is 0 Å². The molecule has 3 heterocycles. The van der Waals surface area contributed by atoms with Crippen LogP contribution in [0.25, 0.3) is 11.2 Å². The summed E-state index contributed by atoms with van der Waals surface area (Å²) in [6.07, 6.45) is 2.11. The molecule has 0 aliphatic carbocycles. The van der Waals surface area contributed by atoms with Crippen molar-refractivity contribution in [3.05, 3.63) is 22.7 Å². The number of alkyl carbamates (subject to hydrolysis) is 1. The van der Waals surface area contributed by atoms with Gasteiger partial charge in [0.2, 0.25) is 0 Å². The van der Waals surface area contributed by atoms with Gasteiger partial charge in [-0.05, 0) is 33.3 Å². The van der Waals surface area contributed by atoms with E-state index in [9.17, 15) is 9.59 Å². The number of H-pyrrole nitrogens is 1. The van der Waals surface area contributed by atoms with Crippen molar-refractivity contribution >= 4 is 22.9 Å². The summed E-state index contributed by atoms with van der Waals surface area (Å²) in [6.45, 7) is 6.97. The monoisotopic (exact) mass is 333 g/mol. The lowest BCUT2D eigenvalue weighted by Gasteiger charge is -2.22. The molecule has 2 aromatic heterocycles. The number of nitrogens with zero attached hydrogens (tertiary/aromatic N) is 3. The molecule has 2 aromatic rings. The Bertz CT molecular complexity index is 817. The van der Waals surface area contributed by atoms with Crippen molar-refractivity contribution < 1.29 is 9.53 Å². The second-order valence-electron chi connectivity index (χ2n) is 7.10. The molecule has 3 rings (SSSR count). The fourth-order valence-corrected chi connectivity index (χ4v) is 2.94. The highest BCUT2D eigenvalue weighted by molar-refractivity contribution is 5.86. The zero-order valence-electron chi connectivity index (χ0n) is 14.4. The zero-order valence-corrected chi connectivity index (χ0v) is 14.4. The molecule has 0 aromatic carbocycles. The number of aromatic amines is 1. The third-order valence-corrected chi connectivity index (χ3v) is 4.01. The molecule has 1 unspecified atom stereocenters. The minimum atomic E-state index is -0.511. The van der Waals surface area contributed by atoms with E-state index in [1.54, 1.807) is 13.2 Å². The minimum absolute atomic E-state index is 0.0125. The van der Waals surface area contributed by atoms with Crippen molar-refractivity contribution in [3.8, 4) is 0 Å². The predicted molar refractivity (Wildman–Crippen MR) is 91.3 cm³/mol. The van der Waals surface area contributed by atoms with Crippen LogP contribution in [0.2, 0.25) is 0 Å². The lowest BCUT2D eigenvalue weighted by Crippen LogP contribution is -2.40. The number of aromatic nitrogens is 3. The Labute approximate surface area is 139 Å². The van der Waals surface area contributed by atoms with Crippen molar-refractivity contribution in [2.75, 3.05) is 18.0 Å². The van der Waals surface area contributed by atoms with Crippen molar-refractivity contribution in [2.45, 2.75) is 38.8 Å². The molecule has 1 aliphatic rings. The molecule has 24 heavy (non-hydrogen) atoms. The standard InChI is InChI=1S/C16H23N5O3/c1-16(2,3)24-15(23)18-10-6-8-21(9-10)11-5-7-17-13-12(11)19-14(22)20(13)4/h5,7,10H,6,8-9H2,1-4H3,(H,18,23)(H,19,22). The summed E-state index contributed by atoms with van der Waals surface area (Å²) in [7, 11) is 1.69. The average Bonchev–Trinajstić information content (AvgIpc) is 3.03. The average molecular weight is 333 g/mol. The Hall–Kier alpha value is -2.51. The summed E-state index contributed by atoms with van der Waals surface area (Å²) in [5.41, 5.74) is 1.58. The molecule has 8 heteroatoms. The molecular formula is C16H23N5O3. The molecule has 1 saturated heterocycles. The molecule has 0 bridgehead atoms. The first kappa shape index (κ1) is 16.4. The topological polar surface area (TPSA) is 92.2 Å². The molecular weight excluding hydrogens is 310 g/mol. The fourth-order valence-electron chi connectivity index (χ4n) is 2.94. The number of nitrogens with one attached hydrogen (secondary N) is 2. The van der Waals surface area contributed by atoms with Gasteiger partial charge < -0.3 is 19.9 Å². The quantitative estimate of drug-likeness (QED) is 0.866. The van der Waals surface area contributed by atoms with Gasteiger partial charge in [-0.25, -0.2) is 14.6 Å². The summed E-state index contributed by atoms with van der Waals surface area (Å²) in [4.78, 5) is 33.0. The molecule has 1 atom stereocenters. The van der Waals surface area contributed by atoms with Crippen LogP contribution in [0.4, 0.5) is 10.5 Å². The van der Waals surface area contributed by atoms with E-state index in [4.69, 9.17) is 4.74 Å². The number of aryl methyl sites for hydroxylation is 1. The molecule has 0 spiro atoms. The number of anilines is 1. The van der Waals surface area contributed by atoms with Gasteiger partial charge in [0.15, 0.2) is 5.65 Å². The van der Waals surface area contributed by atoms with Crippen LogP contribution in [0.1, 0.15) is 27.2 Å². The largest absolute Gasteiger partial charge is 0.444 e. The summed E-state index contributed by atoms with van der Waals surface area (Å²) in [5.74, 6) is 0. The summed E-state index contributed by atoms with van der Waals surface area (Å²) in [6, 6.07) is 1.90. The lowest BCUT2D eigenvalue weighted by molar-refractivity contribution is 0.0509. The van der Waals surface area contributed by atoms with Crippen molar-refractivity contribution in [3.63, 3.8) is 0 Å². The van der Waals surface area contributed by atoms with Crippen LogP contribution >= 0.6 is 0 Å².